The van der Waals surface area contributed by atoms with Crippen molar-refractivity contribution in [2.45, 2.75) is 26.0 Å². The highest BCUT2D eigenvalue weighted by Gasteiger charge is 2.22. The first-order valence-electron chi connectivity index (χ1n) is 9.76. The zero-order valence-electron chi connectivity index (χ0n) is 17.1. The average Bonchev–Trinajstić information content (AvgIpc) is 2.75. The number of ether oxygens (including phenoxy) is 2. The Bertz CT molecular complexity index is 872. The van der Waals surface area contributed by atoms with Gasteiger partial charge in [0.05, 0.1) is 20.8 Å². The lowest BCUT2D eigenvalue weighted by Gasteiger charge is -2.32. The van der Waals surface area contributed by atoms with Gasteiger partial charge in [0.2, 0.25) is 0 Å². The van der Waals surface area contributed by atoms with E-state index in [4.69, 9.17) is 21.1 Å². The molecule has 0 amide bonds. The Kier molecular flexibility index (Phi) is 7.23. The second kappa shape index (κ2) is 9.85. The number of aliphatic hydroxyl groups is 1. The Hall–Kier alpha value is -2.44. The standard InChI is InChI=1S/C22H28ClN3O3/c1-4-24-22(25-13-19(27)17-7-5-6-8-18(17)23)26-10-9-15-11-20(28-2)21(29-3)12-16(15)14-26/h5-8,11-12,19,27H,4,9-10,13-14H2,1-3H3,(H,24,25). The molecule has 0 aliphatic carbocycles. The van der Waals surface area contributed by atoms with Gasteiger partial charge >= 0.3 is 0 Å². The van der Waals surface area contributed by atoms with E-state index in [-0.39, 0.29) is 6.54 Å². The number of rotatable bonds is 6. The van der Waals surface area contributed by atoms with E-state index < -0.39 is 6.10 Å². The van der Waals surface area contributed by atoms with Crippen LogP contribution in [0.25, 0.3) is 0 Å². The van der Waals surface area contributed by atoms with Crippen LogP contribution in [0.3, 0.4) is 0 Å². The summed E-state index contributed by atoms with van der Waals surface area (Å²) in [6, 6.07) is 11.4. The largest absolute Gasteiger partial charge is 0.493 e. The minimum atomic E-state index is -0.751. The molecule has 7 heteroatoms. The molecule has 6 nitrogen and oxygen atoms in total. The molecule has 0 bridgehead atoms. The van der Waals surface area contributed by atoms with Crippen molar-refractivity contribution in [1.29, 1.82) is 0 Å². The van der Waals surface area contributed by atoms with Crippen LogP contribution in [0, 0.1) is 0 Å². The summed E-state index contributed by atoms with van der Waals surface area (Å²) in [4.78, 5) is 6.86. The molecule has 0 aromatic heterocycles. The van der Waals surface area contributed by atoms with Crippen LogP contribution in [0.15, 0.2) is 41.4 Å². The van der Waals surface area contributed by atoms with Gasteiger partial charge in [0.15, 0.2) is 17.5 Å². The number of fused-ring (bicyclic) bond motifs is 1. The fraction of sp³-hybridized carbons (Fsp3) is 0.409. The van der Waals surface area contributed by atoms with E-state index in [0.717, 1.165) is 37.0 Å². The summed E-state index contributed by atoms with van der Waals surface area (Å²) in [5, 5.41) is 14.4. The number of halogens is 1. The lowest BCUT2D eigenvalue weighted by molar-refractivity contribution is 0.186. The summed E-state index contributed by atoms with van der Waals surface area (Å²) in [6.45, 7) is 4.56. The van der Waals surface area contributed by atoms with Crippen molar-refractivity contribution in [2.24, 2.45) is 4.99 Å². The van der Waals surface area contributed by atoms with Crippen LogP contribution in [-0.2, 0) is 13.0 Å². The topological polar surface area (TPSA) is 66.3 Å². The van der Waals surface area contributed by atoms with Crippen molar-refractivity contribution in [3.05, 3.63) is 58.1 Å². The Labute approximate surface area is 177 Å². The van der Waals surface area contributed by atoms with Gasteiger partial charge in [-0.05, 0) is 42.7 Å². The minimum absolute atomic E-state index is 0.237. The lowest BCUT2D eigenvalue weighted by atomic mass is 9.99. The smallest absolute Gasteiger partial charge is 0.194 e. The molecule has 3 rings (SSSR count). The van der Waals surface area contributed by atoms with E-state index >= 15 is 0 Å². The highest BCUT2D eigenvalue weighted by molar-refractivity contribution is 6.31. The third-order valence-corrected chi connectivity index (χ3v) is 5.37. The van der Waals surface area contributed by atoms with Gasteiger partial charge in [-0.3, -0.25) is 4.99 Å². The molecule has 1 aliphatic heterocycles. The molecule has 0 saturated carbocycles. The quantitative estimate of drug-likeness (QED) is 0.557. The lowest BCUT2D eigenvalue weighted by Crippen LogP contribution is -2.44. The average molecular weight is 418 g/mol. The second-order valence-electron chi connectivity index (χ2n) is 6.88. The third-order valence-electron chi connectivity index (χ3n) is 5.03. The minimum Gasteiger partial charge on any atom is -0.493 e. The molecule has 0 spiro atoms. The summed E-state index contributed by atoms with van der Waals surface area (Å²) in [5.41, 5.74) is 3.13. The van der Waals surface area contributed by atoms with E-state index in [1.54, 1.807) is 20.3 Å². The maximum atomic E-state index is 10.5. The molecule has 1 unspecified atom stereocenters. The molecule has 1 aliphatic rings. The summed E-state index contributed by atoms with van der Waals surface area (Å²) in [5.74, 6) is 2.26. The van der Waals surface area contributed by atoms with Crippen molar-refractivity contribution >= 4 is 17.6 Å². The van der Waals surface area contributed by atoms with Crippen molar-refractivity contribution in [1.82, 2.24) is 10.2 Å². The molecule has 156 valence electrons. The number of benzene rings is 2. The molecule has 1 atom stereocenters. The Balaban J connectivity index is 1.78. The first-order chi connectivity index (χ1) is 14.1. The van der Waals surface area contributed by atoms with Crippen molar-refractivity contribution in [2.75, 3.05) is 33.9 Å². The zero-order chi connectivity index (χ0) is 20.8. The Morgan fingerprint density at radius 2 is 1.90 bits per heavy atom. The molecule has 2 aromatic rings. The number of aliphatic hydroxyl groups excluding tert-OH is 1. The van der Waals surface area contributed by atoms with Crippen LogP contribution >= 0.6 is 11.6 Å². The van der Waals surface area contributed by atoms with Crippen LogP contribution in [0.5, 0.6) is 11.5 Å². The van der Waals surface area contributed by atoms with Gasteiger partial charge in [-0.15, -0.1) is 0 Å². The van der Waals surface area contributed by atoms with E-state index in [1.165, 1.54) is 11.1 Å². The number of methoxy groups -OCH3 is 2. The van der Waals surface area contributed by atoms with Crippen LogP contribution in [0.1, 0.15) is 29.7 Å². The monoisotopic (exact) mass is 417 g/mol. The normalized spacial score (nSPS) is 14.9. The molecule has 29 heavy (non-hydrogen) atoms. The van der Waals surface area contributed by atoms with Gasteiger partial charge < -0.3 is 24.8 Å². The van der Waals surface area contributed by atoms with Gasteiger partial charge in [-0.1, -0.05) is 29.8 Å². The predicted molar refractivity (Wildman–Crippen MR) is 116 cm³/mol. The predicted octanol–water partition coefficient (Wildman–Crippen LogP) is 3.41. The van der Waals surface area contributed by atoms with E-state index in [2.05, 4.69) is 21.3 Å². The molecule has 2 N–H and O–H groups in total. The summed E-state index contributed by atoms with van der Waals surface area (Å²) in [7, 11) is 3.30. The number of guanidine groups is 1. The number of hydrogen-bond acceptors (Lipinski definition) is 4. The SMILES string of the molecule is CCNC(=NCC(O)c1ccccc1Cl)N1CCc2cc(OC)c(OC)cc2C1. The molecule has 0 radical (unpaired) electrons. The molecular formula is C22H28ClN3O3. The van der Waals surface area contributed by atoms with Crippen molar-refractivity contribution < 1.29 is 14.6 Å². The summed E-state index contributed by atoms with van der Waals surface area (Å²) >= 11 is 6.20. The van der Waals surface area contributed by atoms with Crippen LogP contribution < -0.4 is 14.8 Å². The maximum Gasteiger partial charge on any atom is 0.194 e. The number of nitrogens with one attached hydrogen (secondary N) is 1. The first-order valence-corrected chi connectivity index (χ1v) is 10.1. The molecular weight excluding hydrogens is 390 g/mol. The van der Waals surface area contributed by atoms with E-state index in [9.17, 15) is 5.11 Å². The maximum absolute atomic E-state index is 10.5. The van der Waals surface area contributed by atoms with Gasteiger partial charge in [0.25, 0.3) is 0 Å². The fourth-order valence-corrected chi connectivity index (χ4v) is 3.77. The van der Waals surface area contributed by atoms with Crippen molar-refractivity contribution in [3.63, 3.8) is 0 Å². The van der Waals surface area contributed by atoms with E-state index in [1.807, 2.05) is 31.2 Å². The molecule has 0 saturated heterocycles. The third kappa shape index (κ3) is 4.95. The molecule has 2 aromatic carbocycles. The first kappa shape index (κ1) is 21.3. The van der Waals surface area contributed by atoms with Crippen LogP contribution in [-0.4, -0.2) is 49.8 Å². The van der Waals surface area contributed by atoms with Gasteiger partial charge in [-0.25, -0.2) is 0 Å². The van der Waals surface area contributed by atoms with Crippen LogP contribution in [0.4, 0.5) is 0 Å². The van der Waals surface area contributed by atoms with Gasteiger partial charge in [-0.2, -0.15) is 0 Å². The highest BCUT2D eigenvalue weighted by Crippen LogP contribution is 2.33. The number of hydrogen-bond donors (Lipinski definition) is 2. The van der Waals surface area contributed by atoms with Crippen LogP contribution in [0.2, 0.25) is 5.02 Å². The number of nitrogens with zero attached hydrogens (tertiary/aromatic N) is 2. The fourth-order valence-electron chi connectivity index (χ4n) is 3.51. The highest BCUT2D eigenvalue weighted by atomic mass is 35.5. The van der Waals surface area contributed by atoms with Gasteiger partial charge in [0.1, 0.15) is 6.10 Å². The molecule has 1 heterocycles. The number of aliphatic imine (C=N–C) groups is 1. The summed E-state index contributed by atoms with van der Waals surface area (Å²) < 4.78 is 10.9. The van der Waals surface area contributed by atoms with Gasteiger partial charge in [0, 0.05) is 30.2 Å². The Morgan fingerprint density at radius 3 is 2.55 bits per heavy atom. The zero-order valence-corrected chi connectivity index (χ0v) is 17.9. The Morgan fingerprint density at radius 1 is 1.21 bits per heavy atom. The molecule has 0 fully saturated rings. The second-order valence-corrected chi connectivity index (χ2v) is 7.29. The summed E-state index contributed by atoms with van der Waals surface area (Å²) in [6.07, 6.45) is 0.131. The van der Waals surface area contributed by atoms with E-state index in [0.29, 0.717) is 17.1 Å². The van der Waals surface area contributed by atoms with Crippen molar-refractivity contribution in [3.8, 4) is 11.5 Å².